The van der Waals surface area contributed by atoms with Gasteiger partial charge < -0.3 is 10.1 Å². The number of ether oxygens (including phenoxy) is 1. The number of hydrogen-bond donors (Lipinski definition) is 1. The fourth-order valence-electron chi connectivity index (χ4n) is 2.96. The summed E-state index contributed by atoms with van der Waals surface area (Å²) in [5, 5.41) is 3.30. The van der Waals surface area contributed by atoms with Crippen molar-refractivity contribution in [2.45, 2.75) is 58.1 Å². The summed E-state index contributed by atoms with van der Waals surface area (Å²) in [6.07, 6.45) is 1.18. The number of Topliss-reactive ketones (excluding diaryl/α,β-unsaturated/α-hetero) is 1. The van der Waals surface area contributed by atoms with E-state index < -0.39 is 17.2 Å². The molecule has 1 aromatic carbocycles. The second kappa shape index (κ2) is 6.52. The van der Waals surface area contributed by atoms with E-state index in [1.54, 1.807) is 32.9 Å². The van der Waals surface area contributed by atoms with E-state index in [0.717, 1.165) is 6.42 Å². The van der Waals surface area contributed by atoms with E-state index in [1.807, 2.05) is 19.1 Å². The molecule has 0 aliphatic heterocycles. The fraction of sp³-hybridized carbons (Fsp3) is 0.556. The summed E-state index contributed by atoms with van der Waals surface area (Å²) < 4.78 is 5.36. The minimum absolute atomic E-state index is 0.0183. The Morgan fingerprint density at radius 2 is 2.00 bits per heavy atom. The maximum Gasteiger partial charge on any atom is 0.408 e. The van der Waals surface area contributed by atoms with E-state index in [-0.39, 0.29) is 5.78 Å². The number of amides is 1. The van der Waals surface area contributed by atoms with Gasteiger partial charge in [0.2, 0.25) is 0 Å². The zero-order valence-corrected chi connectivity index (χ0v) is 14.9. The Hall–Kier alpha value is -1.55. The van der Waals surface area contributed by atoms with Gasteiger partial charge in [-0.3, -0.25) is 4.79 Å². The highest BCUT2D eigenvalue weighted by Gasteiger charge is 2.46. The van der Waals surface area contributed by atoms with Gasteiger partial charge in [-0.15, -0.1) is 0 Å². The van der Waals surface area contributed by atoms with Gasteiger partial charge in [-0.05, 0) is 45.6 Å². The molecule has 23 heavy (non-hydrogen) atoms. The smallest absolute Gasteiger partial charge is 0.408 e. The van der Waals surface area contributed by atoms with Crippen molar-refractivity contribution in [1.82, 2.24) is 5.32 Å². The third-order valence-electron chi connectivity index (χ3n) is 4.07. The number of carbonyl (C=O) groups excluding carboxylic acids is 2. The number of hydrogen-bond acceptors (Lipinski definition) is 3. The Morgan fingerprint density at radius 3 is 2.57 bits per heavy atom. The molecule has 2 rings (SSSR count). The van der Waals surface area contributed by atoms with Crippen LogP contribution in [0.1, 0.15) is 52.5 Å². The normalized spacial score (nSPS) is 25.1. The van der Waals surface area contributed by atoms with Gasteiger partial charge >= 0.3 is 6.09 Å². The Labute approximate surface area is 142 Å². The summed E-state index contributed by atoms with van der Waals surface area (Å²) in [5.74, 6) is 0.286. The average Bonchev–Trinajstić information content (AvgIpc) is 2.41. The average molecular weight is 338 g/mol. The summed E-state index contributed by atoms with van der Waals surface area (Å²) >= 11 is 6.32. The first kappa shape index (κ1) is 17.8. The second-order valence-electron chi connectivity index (χ2n) is 7.28. The summed E-state index contributed by atoms with van der Waals surface area (Å²) in [5.41, 5.74) is -1.09. The van der Waals surface area contributed by atoms with Crippen molar-refractivity contribution >= 4 is 23.5 Å². The van der Waals surface area contributed by atoms with Gasteiger partial charge in [0.15, 0.2) is 5.78 Å². The van der Waals surface area contributed by atoms with Gasteiger partial charge in [0.1, 0.15) is 11.1 Å². The first-order valence-electron chi connectivity index (χ1n) is 7.93. The lowest BCUT2D eigenvalue weighted by atomic mass is 9.72. The SMILES string of the molecule is C[C@@H]1CC[C@@](NC(=O)OC(C)(C)C)(c2ccccc2Cl)C(=O)C1. The molecule has 1 aliphatic carbocycles. The largest absolute Gasteiger partial charge is 0.444 e. The molecule has 1 aliphatic rings. The van der Waals surface area contributed by atoms with Crippen LogP contribution in [0.2, 0.25) is 5.02 Å². The Bertz CT molecular complexity index is 609. The number of carbonyl (C=O) groups is 2. The first-order valence-corrected chi connectivity index (χ1v) is 8.31. The van der Waals surface area contributed by atoms with Crippen LogP contribution >= 0.6 is 11.6 Å². The van der Waals surface area contributed by atoms with Gasteiger partial charge in [-0.2, -0.15) is 0 Å². The molecule has 1 aromatic rings. The highest BCUT2D eigenvalue weighted by atomic mass is 35.5. The predicted molar refractivity (Wildman–Crippen MR) is 90.5 cm³/mol. The summed E-state index contributed by atoms with van der Waals surface area (Å²) in [4.78, 5) is 25.2. The predicted octanol–water partition coefficient (Wildman–Crippen LogP) is 4.45. The zero-order valence-electron chi connectivity index (χ0n) is 14.1. The number of benzene rings is 1. The molecule has 0 radical (unpaired) electrons. The number of nitrogens with one attached hydrogen (secondary N) is 1. The van der Waals surface area contributed by atoms with Crippen LogP contribution in [-0.4, -0.2) is 17.5 Å². The zero-order chi connectivity index (χ0) is 17.3. The molecule has 0 spiro atoms. The lowest BCUT2D eigenvalue weighted by Gasteiger charge is -2.39. The van der Waals surface area contributed by atoms with Crippen LogP contribution in [0.5, 0.6) is 0 Å². The van der Waals surface area contributed by atoms with Crippen molar-refractivity contribution in [2.75, 3.05) is 0 Å². The topological polar surface area (TPSA) is 55.4 Å². The Kier molecular flexibility index (Phi) is 5.04. The van der Waals surface area contributed by atoms with Crippen LogP contribution in [-0.2, 0) is 15.1 Å². The van der Waals surface area contributed by atoms with Crippen LogP contribution in [0.3, 0.4) is 0 Å². The summed E-state index contributed by atoms with van der Waals surface area (Å²) in [7, 11) is 0. The Balaban J connectivity index is 2.39. The van der Waals surface area contributed by atoms with Crippen LogP contribution in [0.25, 0.3) is 0 Å². The summed E-state index contributed by atoms with van der Waals surface area (Å²) in [6, 6.07) is 7.17. The molecule has 0 unspecified atom stereocenters. The molecule has 5 heteroatoms. The molecule has 2 atom stereocenters. The van der Waals surface area contributed by atoms with Crippen molar-refractivity contribution in [1.29, 1.82) is 0 Å². The molecule has 126 valence electrons. The van der Waals surface area contributed by atoms with E-state index in [4.69, 9.17) is 16.3 Å². The van der Waals surface area contributed by atoms with Gasteiger partial charge in [0.05, 0.1) is 0 Å². The van der Waals surface area contributed by atoms with E-state index >= 15 is 0 Å². The molecule has 0 aromatic heterocycles. The molecule has 1 fully saturated rings. The standard InChI is InChI=1S/C18H24ClNO3/c1-12-9-10-18(15(21)11-12,13-7-5-6-8-14(13)19)20-16(22)23-17(2,3)4/h5-8,12H,9-11H2,1-4H3,(H,20,22)/t12-,18-/m1/s1. The van der Waals surface area contributed by atoms with Crippen LogP contribution in [0.4, 0.5) is 4.79 Å². The lowest BCUT2D eigenvalue weighted by Crippen LogP contribution is -2.55. The number of rotatable bonds is 2. The second-order valence-corrected chi connectivity index (χ2v) is 7.69. The minimum Gasteiger partial charge on any atom is -0.444 e. The lowest BCUT2D eigenvalue weighted by molar-refractivity contribution is -0.129. The highest BCUT2D eigenvalue weighted by Crippen LogP contribution is 2.40. The van der Waals surface area contributed by atoms with Gasteiger partial charge in [-0.1, -0.05) is 36.7 Å². The van der Waals surface area contributed by atoms with Gasteiger partial charge in [0, 0.05) is 17.0 Å². The van der Waals surface area contributed by atoms with Crippen LogP contribution in [0, 0.1) is 5.92 Å². The molecular formula is C18H24ClNO3. The molecule has 4 nitrogen and oxygen atoms in total. The van der Waals surface area contributed by atoms with Crippen molar-refractivity contribution in [2.24, 2.45) is 5.92 Å². The van der Waals surface area contributed by atoms with Crippen LogP contribution < -0.4 is 5.32 Å². The molecule has 1 amide bonds. The van der Waals surface area contributed by atoms with Crippen molar-refractivity contribution in [3.63, 3.8) is 0 Å². The third kappa shape index (κ3) is 4.05. The molecule has 1 saturated carbocycles. The maximum absolute atomic E-state index is 12.9. The van der Waals surface area contributed by atoms with Crippen molar-refractivity contribution < 1.29 is 14.3 Å². The molecule has 1 N–H and O–H groups in total. The maximum atomic E-state index is 12.9. The number of alkyl carbamates (subject to hydrolysis) is 1. The monoisotopic (exact) mass is 337 g/mol. The van der Waals surface area contributed by atoms with E-state index in [2.05, 4.69) is 5.32 Å². The number of ketones is 1. The van der Waals surface area contributed by atoms with Gasteiger partial charge in [-0.25, -0.2) is 4.79 Å². The van der Waals surface area contributed by atoms with Crippen LogP contribution in [0.15, 0.2) is 24.3 Å². The Morgan fingerprint density at radius 1 is 1.35 bits per heavy atom. The van der Waals surface area contributed by atoms with E-state index in [1.165, 1.54) is 0 Å². The van der Waals surface area contributed by atoms with Crippen molar-refractivity contribution in [3.8, 4) is 0 Å². The van der Waals surface area contributed by atoms with E-state index in [9.17, 15) is 9.59 Å². The third-order valence-corrected chi connectivity index (χ3v) is 4.40. The molecule has 0 saturated heterocycles. The summed E-state index contributed by atoms with van der Waals surface area (Å²) in [6.45, 7) is 7.42. The molecule has 0 heterocycles. The fourth-order valence-corrected chi connectivity index (χ4v) is 3.26. The van der Waals surface area contributed by atoms with Gasteiger partial charge in [0.25, 0.3) is 0 Å². The first-order chi connectivity index (χ1) is 10.6. The van der Waals surface area contributed by atoms with E-state index in [0.29, 0.717) is 29.3 Å². The molecule has 0 bridgehead atoms. The van der Waals surface area contributed by atoms with Crippen molar-refractivity contribution in [3.05, 3.63) is 34.9 Å². The molecular weight excluding hydrogens is 314 g/mol. The highest BCUT2D eigenvalue weighted by molar-refractivity contribution is 6.31. The number of halogens is 1. The quantitative estimate of drug-likeness (QED) is 0.867. The minimum atomic E-state index is -1.10.